The van der Waals surface area contributed by atoms with E-state index in [2.05, 4.69) is 11.8 Å². The van der Waals surface area contributed by atoms with Crippen molar-refractivity contribution < 1.29 is 9.53 Å². The molecule has 1 aromatic rings. The Bertz CT molecular complexity index is 417. The third-order valence-electron chi connectivity index (χ3n) is 3.52. The van der Waals surface area contributed by atoms with Crippen LogP contribution in [0.1, 0.15) is 29.3 Å². The Morgan fingerprint density at radius 3 is 2.82 bits per heavy atom. The molecule has 1 aliphatic rings. The number of hydrogen-bond acceptors (Lipinski definition) is 3. The molecule has 0 aromatic heterocycles. The molecule has 0 amide bonds. The van der Waals surface area contributed by atoms with Crippen LogP contribution in [0.5, 0.6) is 0 Å². The molecule has 0 spiro atoms. The summed E-state index contributed by atoms with van der Waals surface area (Å²) >= 11 is 0. The van der Waals surface area contributed by atoms with E-state index in [4.69, 9.17) is 4.74 Å². The van der Waals surface area contributed by atoms with Gasteiger partial charge in [0.2, 0.25) is 0 Å². The van der Waals surface area contributed by atoms with E-state index in [0.29, 0.717) is 6.04 Å². The lowest BCUT2D eigenvalue weighted by molar-refractivity contribution is 0.112. The summed E-state index contributed by atoms with van der Waals surface area (Å²) in [5.41, 5.74) is 2.86. The van der Waals surface area contributed by atoms with E-state index in [1.807, 2.05) is 32.2 Å². The van der Waals surface area contributed by atoms with Gasteiger partial charge >= 0.3 is 0 Å². The number of aldehydes is 1. The molecule has 1 aromatic carbocycles. The topological polar surface area (TPSA) is 29.5 Å². The number of rotatable bonds is 3. The zero-order valence-electron chi connectivity index (χ0n) is 10.6. The summed E-state index contributed by atoms with van der Waals surface area (Å²) in [4.78, 5) is 13.3. The summed E-state index contributed by atoms with van der Waals surface area (Å²) in [6.07, 6.45) is 2.17. The maximum atomic E-state index is 11.1. The van der Waals surface area contributed by atoms with Gasteiger partial charge in [0.25, 0.3) is 0 Å². The lowest BCUT2D eigenvalue weighted by Crippen LogP contribution is -2.37. The zero-order valence-corrected chi connectivity index (χ0v) is 10.6. The van der Waals surface area contributed by atoms with Gasteiger partial charge in [0.1, 0.15) is 0 Å². The van der Waals surface area contributed by atoms with Gasteiger partial charge in [0, 0.05) is 24.9 Å². The van der Waals surface area contributed by atoms with Gasteiger partial charge in [-0.15, -0.1) is 0 Å². The van der Waals surface area contributed by atoms with Gasteiger partial charge in [0.15, 0.2) is 6.29 Å². The van der Waals surface area contributed by atoms with Gasteiger partial charge in [-0.2, -0.15) is 0 Å². The van der Waals surface area contributed by atoms with Gasteiger partial charge < -0.3 is 9.64 Å². The van der Waals surface area contributed by atoms with E-state index in [9.17, 15) is 4.79 Å². The quantitative estimate of drug-likeness (QED) is 0.751. The first kappa shape index (κ1) is 12.1. The first-order chi connectivity index (χ1) is 8.13. The normalized spacial score (nSPS) is 23.7. The number of carbonyl (C=O) groups excluding carboxylic acids is 1. The van der Waals surface area contributed by atoms with Crippen LogP contribution >= 0.6 is 0 Å². The van der Waals surface area contributed by atoms with Gasteiger partial charge in [-0.25, -0.2) is 0 Å². The molecule has 1 aliphatic heterocycles. The average molecular weight is 233 g/mol. The largest absolute Gasteiger partial charge is 0.376 e. The van der Waals surface area contributed by atoms with Crippen molar-refractivity contribution in [3.8, 4) is 0 Å². The lowest BCUT2D eigenvalue weighted by Gasteiger charge is -2.29. The maximum absolute atomic E-state index is 11.1. The standard InChI is InChI=1S/C14H19NO2/c1-10-4-5-14(12(8-10)9-16)15(3)13-6-7-17-11(13)2/h4-5,8-9,11,13H,6-7H2,1-3H3. The third kappa shape index (κ3) is 2.34. The third-order valence-corrected chi connectivity index (χ3v) is 3.52. The summed E-state index contributed by atoms with van der Waals surface area (Å²) < 4.78 is 5.58. The number of hydrogen-bond donors (Lipinski definition) is 0. The summed E-state index contributed by atoms with van der Waals surface area (Å²) in [7, 11) is 2.04. The molecular formula is C14H19NO2. The monoisotopic (exact) mass is 233 g/mol. The highest BCUT2D eigenvalue weighted by atomic mass is 16.5. The maximum Gasteiger partial charge on any atom is 0.152 e. The summed E-state index contributed by atoms with van der Waals surface area (Å²) in [6, 6.07) is 6.35. The van der Waals surface area contributed by atoms with Crippen LogP contribution in [0.3, 0.4) is 0 Å². The van der Waals surface area contributed by atoms with Crippen molar-refractivity contribution in [1.29, 1.82) is 0 Å². The molecule has 2 rings (SSSR count). The molecule has 92 valence electrons. The lowest BCUT2D eigenvalue weighted by atomic mass is 10.1. The first-order valence-electron chi connectivity index (χ1n) is 6.03. The van der Waals surface area contributed by atoms with Crippen molar-refractivity contribution in [2.45, 2.75) is 32.4 Å². The van der Waals surface area contributed by atoms with Crippen LogP contribution in [0.15, 0.2) is 18.2 Å². The molecule has 17 heavy (non-hydrogen) atoms. The number of nitrogens with zero attached hydrogens (tertiary/aromatic N) is 1. The molecule has 1 fully saturated rings. The highest BCUT2D eigenvalue weighted by Gasteiger charge is 2.28. The van der Waals surface area contributed by atoms with E-state index < -0.39 is 0 Å². The average Bonchev–Trinajstić information content (AvgIpc) is 2.74. The van der Waals surface area contributed by atoms with Crippen LogP contribution in [0.25, 0.3) is 0 Å². The Morgan fingerprint density at radius 1 is 1.47 bits per heavy atom. The summed E-state index contributed by atoms with van der Waals surface area (Å²) in [5.74, 6) is 0. The Labute approximate surface area is 102 Å². The summed E-state index contributed by atoms with van der Waals surface area (Å²) in [6.45, 7) is 4.89. The molecule has 0 N–H and O–H groups in total. The fraction of sp³-hybridized carbons (Fsp3) is 0.500. The molecule has 3 nitrogen and oxygen atoms in total. The second-order valence-electron chi connectivity index (χ2n) is 4.72. The van der Waals surface area contributed by atoms with Gasteiger partial charge in [0.05, 0.1) is 12.1 Å². The fourth-order valence-corrected chi connectivity index (χ4v) is 2.50. The number of benzene rings is 1. The van der Waals surface area contributed by atoms with E-state index in [-0.39, 0.29) is 6.10 Å². The highest BCUT2D eigenvalue weighted by Crippen LogP contribution is 2.27. The number of likely N-dealkylation sites (N-methyl/N-ethyl adjacent to an activating group) is 1. The molecule has 0 saturated carbocycles. The van der Waals surface area contributed by atoms with Gasteiger partial charge in [-0.1, -0.05) is 11.6 Å². The van der Waals surface area contributed by atoms with E-state index in [1.54, 1.807) is 0 Å². The van der Waals surface area contributed by atoms with Crippen LogP contribution in [-0.2, 0) is 4.74 Å². The zero-order chi connectivity index (χ0) is 12.4. The van der Waals surface area contributed by atoms with Crippen LogP contribution in [0.2, 0.25) is 0 Å². The molecule has 1 saturated heterocycles. The van der Waals surface area contributed by atoms with Gasteiger partial charge in [-0.3, -0.25) is 4.79 Å². The fourth-order valence-electron chi connectivity index (χ4n) is 2.50. The molecule has 2 unspecified atom stereocenters. The predicted octanol–water partition coefficient (Wildman–Crippen LogP) is 2.42. The first-order valence-corrected chi connectivity index (χ1v) is 6.03. The molecular weight excluding hydrogens is 214 g/mol. The van der Waals surface area contributed by atoms with Crippen molar-refractivity contribution in [1.82, 2.24) is 0 Å². The Hall–Kier alpha value is -1.35. The van der Waals surface area contributed by atoms with E-state index >= 15 is 0 Å². The number of aryl methyl sites for hydroxylation is 1. The van der Waals surface area contributed by atoms with E-state index in [1.165, 1.54) is 0 Å². The molecule has 0 radical (unpaired) electrons. The minimum atomic E-state index is 0.223. The van der Waals surface area contributed by atoms with Crippen LogP contribution in [0.4, 0.5) is 5.69 Å². The molecule has 0 bridgehead atoms. The van der Waals surface area contributed by atoms with Crippen LogP contribution in [0, 0.1) is 6.92 Å². The van der Waals surface area contributed by atoms with Gasteiger partial charge in [-0.05, 0) is 32.4 Å². The summed E-state index contributed by atoms with van der Waals surface area (Å²) in [5, 5.41) is 0. The predicted molar refractivity (Wildman–Crippen MR) is 68.8 cm³/mol. The highest BCUT2D eigenvalue weighted by molar-refractivity contribution is 5.85. The SMILES string of the molecule is Cc1ccc(N(C)C2CCOC2C)c(C=O)c1. The van der Waals surface area contributed by atoms with Crippen LogP contribution < -0.4 is 4.90 Å². The van der Waals surface area contributed by atoms with Crippen molar-refractivity contribution in [2.24, 2.45) is 0 Å². The minimum Gasteiger partial charge on any atom is -0.376 e. The van der Waals surface area contributed by atoms with Crippen molar-refractivity contribution in [2.75, 3.05) is 18.6 Å². The van der Waals surface area contributed by atoms with Crippen molar-refractivity contribution in [3.05, 3.63) is 29.3 Å². The molecule has 3 heteroatoms. The second kappa shape index (κ2) is 4.88. The Morgan fingerprint density at radius 2 is 2.24 bits per heavy atom. The van der Waals surface area contributed by atoms with Crippen molar-refractivity contribution in [3.63, 3.8) is 0 Å². The van der Waals surface area contributed by atoms with Crippen LogP contribution in [-0.4, -0.2) is 32.1 Å². The number of ether oxygens (including phenoxy) is 1. The smallest absolute Gasteiger partial charge is 0.152 e. The Balaban J connectivity index is 2.29. The number of anilines is 1. The Kier molecular flexibility index (Phi) is 3.48. The number of carbonyl (C=O) groups is 1. The minimum absolute atomic E-state index is 0.223. The molecule has 2 atom stereocenters. The van der Waals surface area contributed by atoms with E-state index in [0.717, 1.165) is 36.1 Å². The second-order valence-corrected chi connectivity index (χ2v) is 4.72. The molecule has 0 aliphatic carbocycles. The molecule has 1 heterocycles. The van der Waals surface area contributed by atoms with Crippen molar-refractivity contribution >= 4 is 12.0 Å².